The van der Waals surface area contributed by atoms with Gasteiger partial charge in [0.05, 0.1) is 48.8 Å². The highest BCUT2D eigenvalue weighted by atomic mass is 16.6. The lowest BCUT2D eigenvalue weighted by atomic mass is 9.98. The molecule has 3 aliphatic heterocycles. The molecule has 0 aliphatic carbocycles. The minimum Gasteiger partial charge on any atom is -0.455 e. The number of rotatable bonds is 25. The third-order valence-corrected chi connectivity index (χ3v) is 10.2. The molecule has 0 unspecified atom stereocenters. The topological polar surface area (TPSA) is 126 Å². The van der Waals surface area contributed by atoms with Crippen molar-refractivity contribution >= 4 is 5.97 Å². The molecule has 0 aromatic carbocycles. The van der Waals surface area contributed by atoms with E-state index in [0.717, 1.165) is 83.5 Å². The molecule has 0 aromatic heterocycles. The molecule has 262 valence electrons. The van der Waals surface area contributed by atoms with Gasteiger partial charge in [0.25, 0.3) is 0 Å². The van der Waals surface area contributed by atoms with E-state index in [0.29, 0.717) is 24.8 Å². The van der Waals surface area contributed by atoms with Crippen molar-refractivity contribution in [3.05, 3.63) is 11.6 Å². The third-order valence-electron chi connectivity index (χ3n) is 10.2. The van der Waals surface area contributed by atoms with Crippen LogP contribution in [-0.2, 0) is 19.0 Å². The van der Waals surface area contributed by atoms with Gasteiger partial charge in [-0.25, -0.2) is 4.79 Å². The van der Waals surface area contributed by atoms with E-state index in [9.17, 15) is 25.2 Å². The minimum absolute atomic E-state index is 0.0267. The molecule has 0 spiro atoms. The number of carbonyl (C=O) groups is 1. The van der Waals surface area contributed by atoms with Gasteiger partial charge in [-0.15, -0.1) is 0 Å². The second-order valence-corrected chi connectivity index (χ2v) is 14.2. The SMILES string of the molecule is CCCCCCCCCC[C@H](O)[C@@H]1CC[C@H]([C@H]2CC[C@@H]([C@@H](O)CCCCCCCC[C@H](O)[C@H](O)CCC3=C[C@@H](C)OC3=O)O2)O1. The number of ether oxygens (including phenoxy) is 3. The summed E-state index contributed by atoms with van der Waals surface area (Å²) < 4.78 is 17.6. The van der Waals surface area contributed by atoms with Crippen molar-refractivity contribution in [1.82, 2.24) is 0 Å². The Morgan fingerprint density at radius 1 is 0.644 bits per heavy atom. The van der Waals surface area contributed by atoms with Crippen molar-refractivity contribution in [3.63, 3.8) is 0 Å². The Balaban J connectivity index is 1.15. The van der Waals surface area contributed by atoms with Crippen LogP contribution in [0, 0.1) is 0 Å². The summed E-state index contributed by atoms with van der Waals surface area (Å²) >= 11 is 0. The van der Waals surface area contributed by atoms with Crippen molar-refractivity contribution in [1.29, 1.82) is 0 Å². The van der Waals surface area contributed by atoms with Crippen LogP contribution in [-0.4, -0.2) is 81.3 Å². The van der Waals surface area contributed by atoms with Crippen molar-refractivity contribution in [2.75, 3.05) is 0 Å². The van der Waals surface area contributed by atoms with Crippen LogP contribution in [0.5, 0.6) is 0 Å². The second-order valence-electron chi connectivity index (χ2n) is 14.2. The zero-order valence-electron chi connectivity index (χ0n) is 28.5. The summed E-state index contributed by atoms with van der Waals surface area (Å²) in [6.45, 7) is 4.06. The summed E-state index contributed by atoms with van der Waals surface area (Å²) in [5, 5.41) is 42.0. The molecule has 3 rings (SSSR count). The zero-order valence-corrected chi connectivity index (χ0v) is 28.5. The van der Waals surface area contributed by atoms with Crippen molar-refractivity contribution in [2.24, 2.45) is 0 Å². The molecule has 2 fully saturated rings. The molecule has 0 amide bonds. The summed E-state index contributed by atoms with van der Waals surface area (Å²) in [6, 6.07) is 0. The van der Waals surface area contributed by atoms with Gasteiger partial charge in [-0.05, 0) is 70.8 Å². The third kappa shape index (κ3) is 14.3. The fourth-order valence-electron chi connectivity index (χ4n) is 7.27. The Labute approximate surface area is 273 Å². The maximum atomic E-state index is 11.7. The fourth-order valence-corrected chi connectivity index (χ4v) is 7.27. The highest BCUT2D eigenvalue weighted by Crippen LogP contribution is 2.34. The number of hydrogen-bond acceptors (Lipinski definition) is 8. The van der Waals surface area contributed by atoms with Crippen LogP contribution in [0.4, 0.5) is 0 Å². The van der Waals surface area contributed by atoms with E-state index in [1.165, 1.54) is 44.9 Å². The van der Waals surface area contributed by atoms with Gasteiger partial charge in [-0.2, -0.15) is 0 Å². The quantitative estimate of drug-likeness (QED) is 0.0634. The summed E-state index contributed by atoms with van der Waals surface area (Å²) in [4.78, 5) is 11.7. The van der Waals surface area contributed by atoms with Gasteiger partial charge >= 0.3 is 5.97 Å². The number of cyclic esters (lactones) is 1. The highest BCUT2D eigenvalue weighted by molar-refractivity contribution is 5.90. The van der Waals surface area contributed by atoms with E-state index in [-0.39, 0.29) is 42.6 Å². The first-order chi connectivity index (χ1) is 21.8. The average Bonchev–Trinajstić information content (AvgIpc) is 3.78. The Morgan fingerprint density at radius 2 is 1.09 bits per heavy atom. The molecule has 8 nitrogen and oxygen atoms in total. The number of aliphatic hydroxyl groups excluding tert-OH is 4. The smallest absolute Gasteiger partial charge is 0.334 e. The number of carbonyl (C=O) groups excluding carboxylic acids is 1. The molecule has 3 aliphatic rings. The van der Waals surface area contributed by atoms with Gasteiger partial charge in [0.1, 0.15) is 6.10 Å². The normalized spacial score (nSPS) is 27.8. The summed E-state index contributed by atoms with van der Waals surface area (Å²) in [6.07, 6.45) is 21.8. The second kappa shape index (κ2) is 21.8. The van der Waals surface area contributed by atoms with Crippen LogP contribution in [0.25, 0.3) is 0 Å². The van der Waals surface area contributed by atoms with E-state index in [4.69, 9.17) is 14.2 Å². The molecule has 0 radical (unpaired) electrons. The lowest BCUT2D eigenvalue weighted by Crippen LogP contribution is -2.33. The highest BCUT2D eigenvalue weighted by Gasteiger charge is 2.40. The molecule has 0 aromatic rings. The van der Waals surface area contributed by atoms with Crippen molar-refractivity contribution in [3.8, 4) is 0 Å². The van der Waals surface area contributed by atoms with E-state index in [1.807, 2.05) is 6.92 Å². The molecule has 0 bridgehead atoms. The van der Waals surface area contributed by atoms with Gasteiger partial charge in [0.2, 0.25) is 0 Å². The van der Waals surface area contributed by atoms with E-state index >= 15 is 0 Å². The van der Waals surface area contributed by atoms with Gasteiger partial charge in [-0.3, -0.25) is 0 Å². The Bertz CT molecular complexity index is 833. The van der Waals surface area contributed by atoms with Crippen LogP contribution in [0.1, 0.15) is 162 Å². The molecule has 9 atom stereocenters. The van der Waals surface area contributed by atoms with E-state index < -0.39 is 18.3 Å². The summed E-state index contributed by atoms with van der Waals surface area (Å²) in [5.74, 6) is -0.315. The summed E-state index contributed by atoms with van der Waals surface area (Å²) in [5.41, 5.74) is 0.592. The standard InChI is InChI=1S/C37H66O8/c1-3-4-5-6-7-8-12-15-18-31(40)33-22-24-35(44-33)36-25-23-34(45-36)32(41)19-16-13-10-9-11-14-17-29(38)30(39)21-20-28-26-27(2)43-37(28)42/h26-27,29-36,38-41H,3-25H2,1-2H3/t27-,29+,30-,31+,32+,33+,34+,35-,36-/m1/s1. The number of unbranched alkanes of at least 4 members (excludes halogenated alkanes) is 12. The molecule has 2 saturated heterocycles. The van der Waals surface area contributed by atoms with Crippen LogP contribution in [0.3, 0.4) is 0 Å². The first-order valence-corrected chi connectivity index (χ1v) is 18.7. The maximum absolute atomic E-state index is 11.7. The number of esters is 1. The zero-order chi connectivity index (χ0) is 32.4. The van der Waals surface area contributed by atoms with Crippen molar-refractivity contribution < 1.29 is 39.4 Å². The van der Waals surface area contributed by atoms with E-state index in [1.54, 1.807) is 6.08 Å². The van der Waals surface area contributed by atoms with Crippen LogP contribution < -0.4 is 0 Å². The van der Waals surface area contributed by atoms with E-state index in [2.05, 4.69) is 6.92 Å². The molecule has 0 saturated carbocycles. The lowest BCUT2D eigenvalue weighted by Gasteiger charge is -2.24. The molecular weight excluding hydrogens is 572 g/mol. The molecular formula is C37H66O8. The fraction of sp³-hybridized carbons (Fsp3) is 0.919. The van der Waals surface area contributed by atoms with Crippen LogP contribution in [0.15, 0.2) is 11.6 Å². The first-order valence-electron chi connectivity index (χ1n) is 18.7. The molecule has 3 heterocycles. The van der Waals surface area contributed by atoms with Gasteiger partial charge in [0.15, 0.2) is 0 Å². The average molecular weight is 639 g/mol. The minimum atomic E-state index is -0.828. The number of aliphatic hydroxyl groups is 4. The maximum Gasteiger partial charge on any atom is 0.334 e. The predicted octanol–water partition coefficient (Wildman–Crippen LogP) is 6.83. The van der Waals surface area contributed by atoms with Gasteiger partial charge < -0.3 is 34.6 Å². The van der Waals surface area contributed by atoms with Crippen LogP contribution >= 0.6 is 0 Å². The van der Waals surface area contributed by atoms with Gasteiger partial charge in [0, 0.05) is 5.57 Å². The monoisotopic (exact) mass is 638 g/mol. The molecule has 4 N–H and O–H groups in total. The van der Waals surface area contributed by atoms with Crippen LogP contribution in [0.2, 0.25) is 0 Å². The Hall–Kier alpha value is -1.03. The predicted molar refractivity (Wildman–Crippen MR) is 177 cm³/mol. The summed E-state index contributed by atoms with van der Waals surface area (Å²) in [7, 11) is 0. The van der Waals surface area contributed by atoms with Gasteiger partial charge in [-0.1, -0.05) is 96.8 Å². The molecule has 8 heteroatoms. The Kier molecular flexibility index (Phi) is 18.6. The largest absolute Gasteiger partial charge is 0.455 e. The Morgan fingerprint density at radius 3 is 1.56 bits per heavy atom. The van der Waals surface area contributed by atoms with Crippen molar-refractivity contribution in [2.45, 2.75) is 216 Å². The molecule has 45 heavy (non-hydrogen) atoms. The number of hydrogen-bond donors (Lipinski definition) is 4. The lowest BCUT2D eigenvalue weighted by molar-refractivity contribution is -0.139. The first kappa shape index (κ1) is 38.4.